The molecule has 2 aromatic rings. The molecule has 2 rings (SSSR count). The molecule has 0 radical (unpaired) electrons. The standard InChI is InChI=1S/C18H17F4NO2.ClH/c1-9-5-3-4-6-11(9)12-7-13(18(20,21)22)17(19)16(10(12)2)14(23)8-15(24)25;/h3-7,14H,8,23H2,1-2H3,(H,24,25);1H/t14-;/m0./s1. The zero-order valence-electron chi connectivity index (χ0n) is 14.0. The van der Waals surface area contributed by atoms with Crippen LogP contribution in [-0.4, -0.2) is 11.1 Å². The summed E-state index contributed by atoms with van der Waals surface area (Å²) >= 11 is 0. The minimum atomic E-state index is -4.92. The van der Waals surface area contributed by atoms with Crippen molar-refractivity contribution in [2.45, 2.75) is 32.5 Å². The molecule has 8 heteroatoms. The first-order chi connectivity index (χ1) is 11.5. The molecule has 0 spiro atoms. The fraction of sp³-hybridized carbons (Fsp3) is 0.278. The topological polar surface area (TPSA) is 63.3 Å². The summed E-state index contributed by atoms with van der Waals surface area (Å²) in [5, 5.41) is 8.86. The normalized spacial score (nSPS) is 12.4. The molecule has 3 nitrogen and oxygen atoms in total. The largest absolute Gasteiger partial charge is 0.481 e. The van der Waals surface area contributed by atoms with Gasteiger partial charge in [0.05, 0.1) is 12.0 Å². The fourth-order valence-corrected chi connectivity index (χ4v) is 2.86. The molecule has 0 heterocycles. The summed E-state index contributed by atoms with van der Waals surface area (Å²) < 4.78 is 54.4. The quantitative estimate of drug-likeness (QED) is 0.719. The Morgan fingerprint density at radius 2 is 1.77 bits per heavy atom. The third kappa shape index (κ3) is 4.34. The summed E-state index contributed by atoms with van der Waals surface area (Å²) in [5.74, 6) is -2.84. The summed E-state index contributed by atoms with van der Waals surface area (Å²) in [5.41, 5.74) is 5.44. The Bertz CT molecular complexity index is 822. The highest BCUT2D eigenvalue weighted by Gasteiger charge is 2.37. The molecule has 0 fully saturated rings. The number of nitrogens with two attached hydrogens (primary N) is 1. The lowest BCUT2D eigenvalue weighted by Gasteiger charge is -2.22. The van der Waals surface area contributed by atoms with Crippen LogP contribution in [0.2, 0.25) is 0 Å². The summed E-state index contributed by atoms with van der Waals surface area (Å²) in [6, 6.07) is 6.12. The van der Waals surface area contributed by atoms with Crippen LogP contribution in [0.5, 0.6) is 0 Å². The summed E-state index contributed by atoms with van der Waals surface area (Å²) in [7, 11) is 0. The second-order valence-electron chi connectivity index (χ2n) is 5.84. The highest BCUT2D eigenvalue weighted by atomic mass is 35.5. The van der Waals surface area contributed by atoms with Crippen LogP contribution in [0, 0.1) is 19.7 Å². The molecule has 0 aliphatic rings. The zero-order valence-corrected chi connectivity index (χ0v) is 14.8. The van der Waals surface area contributed by atoms with Gasteiger partial charge in [0.25, 0.3) is 0 Å². The number of carboxylic acid groups (broad SMARTS) is 1. The lowest BCUT2D eigenvalue weighted by molar-refractivity contribution is -0.140. The Balaban J connectivity index is 0.00000338. The SMILES string of the molecule is Cc1ccccc1-c1cc(C(F)(F)F)c(F)c([C@@H](N)CC(=O)O)c1C.Cl. The molecule has 142 valence electrons. The molecule has 3 N–H and O–H groups in total. The Kier molecular flexibility index (Phi) is 6.79. The molecule has 0 aliphatic carbocycles. The number of aliphatic carboxylic acids is 1. The molecule has 0 saturated carbocycles. The molecule has 0 amide bonds. The van der Waals surface area contributed by atoms with Gasteiger partial charge < -0.3 is 10.8 Å². The van der Waals surface area contributed by atoms with Crippen molar-refractivity contribution in [1.29, 1.82) is 0 Å². The van der Waals surface area contributed by atoms with Crippen molar-refractivity contribution in [3.05, 3.63) is 58.4 Å². The fourth-order valence-electron chi connectivity index (χ4n) is 2.86. The Morgan fingerprint density at radius 1 is 1.19 bits per heavy atom. The number of carboxylic acids is 1. The number of aryl methyl sites for hydroxylation is 1. The second kappa shape index (κ2) is 8.05. The highest BCUT2D eigenvalue weighted by Crippen LogP contribution is 2.40. The van der Waals surface area contributed by atoms with E-state index in [4.69, 9.17) is 10.8 Å². The van der Waals surface area contributed by atoms with Crippen molar-refractivity contribution in [1.82, 2.24) is 0 Å². The van der Waals surface area contributed by atoms with Crippen molar-refractivity contribution in [3.8, 4) is 11.1 Å². The van der Waals surface area contributed by atoms with Crippen molar-refractivity contribution in [2.24, 2.45) is 5.73 Å². The van der Waals surface area contributed by atoms with Crippen LogP contribution in [0.3, 0.4) is 0 Å². The average molecular weight is 392 g/mol. The third-order valence-corrected chi connectivity index (χ3v) is 4.08. The second-order valence-corrected chi connectivity index (χ2v) is 5.84. The van der Waals surface area contributed by atoms with Gasteiger partial charge in [0.2, 0.25) is 0 Å². The average Bonchev–Trinajstić information content (AvgIpc) is 2.46. The van der Waals surface area contributed by atoms with Gasteiger partial charge in [0.15, 0.2) is 0 Å². The van der Waals surface area contributed by atoms with Crippen LogP contribution in [0.1, 0.15) is 34.7 Å². The first-order valence-electron chi connectivity index (χ1n) is 7.47. The molecule has 0 saturated heterocycles. The summed E-state index contributed by atoms with van der Waals surface area (Å²) in [6.07, 6.45) is -5.60. The number of benzene rings is 2. The van der Waals surface area contributed by atoms with Gasteiger partial charge in [-0.05, 0) is 42.2 Å². The predicted octanol–water partition coefficient (Wildman–Crippen LogP) is 5.02. The molecule has 0 unspecified atom stereocenters. The van der Waals surface area contributed by atoms with E-state index in [2.05, 4.69) is 0 Å². The molecule has 0 bridgehead atoms. The zero-order chi connectivity index (χ0) is 18.9. The number of hydrogen-bond acceptors (Lipinski definition) is 2. The first kappa shape index (κ1) is 21.9. The summed E-state index contributed by atoms with van der Waals surface area (Å²) in [6.45, 7) is 3.17. The van der Waals surface area contributed by atoms with Crippen molar-refractivity contribution in [3.63, 3.8) is 0 Å². The Hall–Kier alpha value is -2.12. The molecular formula is C18H18ClF4NO2. The third-order valence-electron chi connectivity index (χ3n) is 4.08. The monoisotopic (exact) mass is 391 g/mol. The van der Waals surface area contributed by atoms with Crippen LogP contribution in [-0.2, 0) is 11.0 Å². The molecule has 0 aliphatic heterocycles. The van der Waals surface area contributed by atoms with E-state index >= 15 is 0 Å². The van der Waals surface area contributed by atoms with Crippen molar-refractivity contribution < 1.29 is 27.5 Å². The van der Waals surface area contributed by atoms with Gasteiger partial charge >= 0.3 is 12.1 Å². The van der Waals surface area contributed by atoms with Gasteiger partial charge in [-0.25, -0.2) is 4.39 Å². The van der Waals surface area contributed by atoms with Gasteiger partial charge in [0.1, 0.15) is 5.82 Å². The van der Waals surface area contributed by atoms with E-state index in [9.17, 15) is 22.4 Å². The van der Waals surface area contributed by atoms with Crippen LogP contribution in [0.15, 0.2) is 30.3 Å². The van der Waals surface area contributed by atoms with E-state index in [1.54, 1.807) is 31.2 Å². The van der Waals surface area contributed by atoms with Crippen molar-refractivity contribution >= 4 is 18.4 Å². The Morgan fingerprint density at radius 3 is 2.27 bits per heavy atom. The van der Waals surface area contributed by atoms with E-state index in [0.29, 0.717) is 11.1 Å². The number of rotatable bonds is 4. The van der Waals surface area contributed by atoms with Crippen LogP contribution >= 0.6 is 12.4 Å². The molecule has 26 heavy (non-hydrogen) atoms. The minimum absolute atomic E-state index is 0. The maximum atomic E-state index is 14.5. The van der Waals surface area contributed by atoms with E-state index in [1.165, 1.54) is 6.92 Å². The van der Waals surface area contributed by atoms with Crippen LogP contribution < -0.4 is 5.73 Å². The number of hydrogen-bond donors (Lipinski definition) is 2. The van der Waals surface area contributed by atoms with Gasteiger partial charge in [0, 0.05) is 11.6 Å². The minimum Gasteiger partial charge on any atom is -0.481 e. The van der Waals surface area contributed by atoms with Gasteiger partial charge in [-0.2, -0.15) is 13.2 Å². The van der Waals surface area contributed by atoms with E-state index < -0.39 is 41.6 Å². The maximum absolute atomic E-state index is 14.5. The van der Waals surface area contributed by atoms with Gasteiger partial charge in [-0.1, -0.05) is 24.3 Å². The van der Waals surface area contributed by atoms with Crippen LogP contribution in [0.25, 0.3) is 11.1 Å². The molecular weight excluding hydrogens is 374 g/mol. The van der Waals surface area contributed by atoms with Gasteiger partial charge in [-0.3, -0.25) is 4.79 Å². The summed E-state index contributed by atoms with van der Waals surface area (Å²) in [4.78, 5) is 10.9. The lowest BCUT2D eigenvalue weighted by Crippen LogP contribution is -2.21. The molecule has 0 aromatic heterocycles. The smallest absolute Gasteiger partial charge is 0.419 e. The maximum Gasteiger partial charge on any atom is 0.419 e. The highest BCUT2D eigenvalue weighted by molar-refractivity contribution is 5.85. The molecule has 1 atom stereocenters. The number of carbonyl (C=O) groups is 1. The first-order valence-corrected chi connectivity index (χ1v) is 7.47. The van der Waals surface area contributed by atoms with E-state index in [1.807, 2.05) is 0 Å². The Labute approximate surface area is 154 Å². The number of alkyl halides is 3. The van der Waals surface area contributed by atoms with Crippen molar-refractivity contribution in [2.75, 3.05) is 0 Å². The predicted molar refractivity (Wildman–Crippen MR) is 92.7 cm³/mol. The van der Waals surface area contributed by atoms with Gasteiger partial charge in [-0.15, -0.1) is 12.4 Å². The number of halogens is 5. The van der Waals surface area contributed by atoms with E-state index in [0.717, 1.165) is 6.07 Å². The van der Waals surface area contributed by atoms with E-state index in [-0.39, 0.29) is 23.5 Å². The lowest BCUT2D eigenvalue weighted by atomic mass is 9.87. The molecule has 2 aromatic carbocycles. The van der Waals surface area contributed by atoms with Crippen LogP contribution in [0.4, 0.5) is 17.6 Å².